The van der Waals surface area contributed by atoms with E-state index in [1.165, 1.54) is 21.1 Å². The van der Waals surface area contributed by atoms with Crippen LogP contribution in [0, 0.1) is 13.8 Å². The molecule has 5 rings (SSSR count). The van der Waals surface area contributed by atoms with E-state index in [4.69, 9.17) is 0 Å². The van der Waals surface area contributed by atoms with Gasteiger partial charge in [-0.1, -0.05) is 72.8 Å². The number of anilines is 2. The molecule has 1 heterocycles. The summed E-state index contributed by atoms with van der Waals surface area (Å²) < 4.78 is 29.2. The number of para-hydroxylation sites is 1. The fourth-order valence-electron chi connectivity index (χ4n) is 5.04. The molecule has 0 atom stereocenters. The number of benzene rings is 4. The van der Waals surface area contributed by atoms with Crippen molar-refractivity contribution in [2.45, 2.75) is 25.3 Å². The molecule has 0 aliphatic carbocycles. The third kappa shape index (κ3) is 5.54. The summed E-state index contributed by atoms with van der Waals surface area (Å²) in [7, 11) is -3.94. The lowest BCUT2D eigenvalue weighted by molar-refractivity contribution is 0.0747. The minimum absolute atomic E-state index is 0.114. The Bertz CT molecular complexity index is 1550. The lowest BCUT2D eigenvalue weighted by Crippen LogP contribution is -2.49. The standard InChI is InChI=1S/C32H33N3O3S/c1-25-12-11-19-30(26(25)2)33-20-22-34(23-21-33)32(36)29-17-9-10-18-31(29)35(24-27-13-5-3-6-14-27)39(37,38)28-15-7-4-8-16-28/h3-19H,20-24H2,1-2H3. The highest BCUT2D eigenvalue weighted by Crippen LogP contribution is 2.31. The van der Waals surface area contributed by atoms with E-state index in [-0.39, 0.29) is 17.3 Å². The average molecular weight is 540 g/mol. The highest BCUT2D eigenvalue weighted by molar-refractivity contribution is 7.92. The van der Waals surface area contributed by atoms with E-state index in [9.17, 15) is 13.2 Å². The van der Waals surface area contributed by atoms with Crippen molar-refractivity contribution in [2.24, 2.45) is 0 Å². The van der Waals surface area contributed by atoms with Gasteiger partial charge in [-0.3, -0.25) is 9.10 Å². The molecule has 1 fully saturated rings. The monoisotopic (exact) mass is 539 g/mol. The van der Waals surface area contributed by atoms with Gasteiger partial charge in [-0.05, 0) is 60.9 Å². The van der Waals surface area contributed by atoms with Crippen molar-refractivity contribution in [1.29, 1.82) is 0 Å². The number of hydrogen-bond acceptors (Lipinski definition) is 4. The van der Waals surface area contributed by atoms with Gasteiger partial charge in [0.05, 0.1) is 22.7 Å². The van der Waals surface area contributed by atoms with E-state index in [0.717, 1.165) is 5.56 Å². The first-order valence-corrected chi connectivity index (χ1v) is 14.6. The fourth-order valence-corrected chi connectivity index (χ4v) is 6.53. The number of sulfonamides is 1. The Morgan fingerprint density at radius 2 is 1.36 bits per heavy atom. The molecular weight excluding hydrogens is 506 g/mol. The predicted molar refractivity (Wildman–Crippen MR) is 157 cm³/mol. The van der Waals surface area contributed by atoms with Gasteiger partial charge in [-0.2, -0.15) is 0 Å². The van der Waals surface area contributed by atoms with Crippen LogP contribution in [0.2, 0.25) is 0 Å². The number of carbonyl (C=O) groups excluding carboxylic acids is 1. The van der Waals surface area contributed by atoms with Crippen molar-refractivity contribution < 1.29 is 13.2 Å². The summed E-state index contributed by atoms with van der Waals surface area (Å²) in [6, 6.07) is 31.2. The Balaban J connectivity index is 1.45. The molecule has 7 heteroatoms. The van der Waals surface area contributed by atoms with Crippen LogP contribution < -0.4 is 9.21 Å². The number of aryl methyl sites for hydroxylation is 1. The lowest BCUT2D eigenvalue weighted by Gasteiger charge is -2.37. The average Bonchev–Trinajstić information content (AvgIpc) is 2.98. The van der Waals surface area contributed by atoms with Crippen molar-refractivity contribution >= 4 is 27.3 Å². The normalized spacial score (nSPS) is 13.8. The van der Waals surface area contributed by atoms with Gasteiger partial charge in [0.2, 0.25) is 0 Å². The molecule has 1 saturated heterocycles. The summed E-state index contributed by atoms with van der Waals surface area (Å²) in [5, 5.41) is 0. The Hall–Kier alpha value is -4.10. The van der Waals surface area contributed by atoms with E-state index in [0.29, 0.717) is 37.4 Å². The second kappa shape index (κ2) is 11.3. The maximum Gasteiger partial charge on any atom is 0.264 e. The van der Waals surface area contributed by atoms with E-state index in [2.05, 4.69) is 36.9 Å². The maximum atomic E-state index is 13.9. The van der Waals surface area contributed by atoms with Gasteiger partial charge in [0.25, 0.3) is 15.9 Å². The van der Waals surface area contributed by atoms with E-state index >= 15 is 0 Å². The van der Waals surface area contributed by atoms with Crippen LogP contribution in [0.15, 0.2) is 108 Å². The van der Waals surface area contributed by atoms with Gasteiger partial charge in [0, 0.05) is 31.9 Å². The molecule has 4 aromatic carbocycles. The predicted octanol–water partition coefficient (Wildman–Crippen LogP) is 5.66. The molecule has 1 aliphatic heterocycles. The van der Waals surface area contributed by atoms with Gasteiger partial charge in [-0.25, -0.2) is 8.42 Å². The van der Waals surface area contributed by atoms with Crippen LogP contribution in [0.3, 0.4) is 0 Å². The van der Waals surface area contributed by atoms with Gasteiger partial charge in [0.15, 0.2) is 0 Å². The third-order valence-electron chi connectivity index (χ3n) is 7.39. The summed E-state index contributed by atoms with van der Waals surface area (Å²) in [4.78, 5) is 18.2. The first-order valence-electron chi connectivity index (χ1n) is 13.2. The molecule has 0 spiro atoms. The highest BCUT2D eigenvalue weighted by Gasteiger charge is 2.31. The second-order valence-electron chi connectivity index (χ2n) is 9.83. The number of carbonyl (C=O) groups is 1. The van der Waals surface area contributed by atoms with Crippen molar-refractivity contribution in [3.8, 4) is 0 Å². The Labute approximate surface area is 231 Å². The van der Waals surface area contributed by atoms with Crippen LogP contribution in [0.25, 0.3) is 0 Å². The molecule has 4 aromatic rings. The molecule has 1 aliphatic rings. The van der Waals surface area contributed by atoms with E-state index < -0.39 is 10.0 Å². The van der Waals surface area contributed by atoms with Crippen molar-refractivity contribution in [3.63, 3.8) is 0 Å². The third-order valence-corrected chi connectivity index (χ3v) is 9.16. The lowest BCUT2D eigenvalue weighted by atomic mass is 10.1. The smallest absolute Gasteiger partial charge is 0.264 e. The molecule has 0 radical (unpaired) electrons. The first kappa shape index (κ1) is 26.5. The van der Waals surface area contributed by atoms with Crippen LogP contribution in [-0.4, -0.2) is 45.4 Å². The topological polar surface area (TPSA) is 60.9 Å². The zero-order valence-electron chi connectivity index (χ0n) is 22.3. The molecule has 1 amide bonds. The van der Waals surface area contributed by atoms with Crippen LogP contribution in [0.4, 0.5) is 11.4 Å². The highest BCUT2D eigenvalue weighted by atomic mass is 32.2. The zero-order chi connectivity index (χ0) is 27.4. The maximum absolute atomic E-state index is 13.9. The number of hydrogen-bond donors (Lipinski definition) is 0. The van der Waals surface area contributed by atoms with E-state index in [1.807, 2.05) is 35.2 Å². The van der Waals surface area contributed by atoms with Crippen LogP contribution in [-0.2, 0) is 16.6 Å². The van der Waals surface area contributed by atoms with Gasteiger partial charge >= 0.3 is 0 Å². The molecule has 0 N–H and O–H groups in total. The van der Waals surface area contributed by atoms with Gasteiger partial charge in [0.1, 0.15) is 0 Å². The molecular formula is C32H33N3O3S. The molecule has 6 nitrogen and oxygen atoms in total. The zero-order valence-corrected chi connectivity index (χ0v) is 23.1. The molecule has 200 valence electrons. The van der Waals surface area contributed by atoms with Crippen LogP contribution in [0.5, 0.6) is 0 Å². The van der Waals surface area contributed by atoms with E-state index in [1.54, 1.807) is 54.6 Å². The summed E-state index contributed by atoms with van der Waals surface area (Å²) in [6.45, 7) is 6.91. The quantitative estimate of drug-likeness (QED) is 0.304. The summed E-state index contributed by atoms with van der Waals surface area (Å²) in [5.74, 6) is -0.160. The fraction of sp³-hybridized carbons (Fsp3) is 0.219. The molecule has 39 heavy (non-hydrogen) atoms. The minimum Gasteiger partial charge on any atom is -0.368 e. The molecule has 0 unspecified atom stereocenters. The largest absolute Gasteiger partial charge is 0.368 e. The van der Waals surface area contributed by atoms with Gasteiger partial charge < -0.3 is 9.80 Å². The van der Waals surface area contributed by atoms with Crippen LogP contribution in [0.1, 0.15) is 27.0 Å². The Morgan fingerprint density at radius 1 is 0.744 bits per heavy atom. The van der Waals surface area contributed by atoms with Crippen molar-refractivity contribution in [2.75, 3.05) is 35.4 Å². The van der Waals surface area contributed by atoms with Gasteiger partial charge in [-0.15, -0.1) is 0 Å². The second-order valence-corrected chi connectivity index (χ2v) is 11.7. The summed E-state index contributed by atoms with van der Waals surface area (Å²) in [6.07, 6.45) is 0. The Morgan fingerprint density at radius 3 is 2.05 bits per heavy atom. The van der Waals surface area contributed by atoms with Crippen LogP contribution >= 0.6 is 0 Å². The SMILES string of the molecule is Cc1cccc(N2CCN(C(=O)c3ccccc3N(Cc3ccccc3)S(=O)(=O)c3ccccc3)CC2)c1C. The number of nitrogens with zero attached hydrogens (tertiary/aromatic N) is 3. The molecule has 0 saturated carbocycles. The van der Waals surface area contributed by atoms with Crippen molar-refractivity contribution in [1.82, 2.24) is 4.90 Å². The molecule has 0 bridgehead atoms. The first-order chi connectivity index (χ1) is 18.9. The minimum atomic E-state index is -3.94. The summed E-state index contributed by atoms with van der Waals surface area (Å²) >= 11 is 0. The number of rotatable bonds is 7. The summed E-state index contributed by atoms with van der Waals surface area (Å²) in [5.41, 5.74) is 5.30. The number of piperazine rings is 1. The molecule has 0 aromatic heterocycles. The Kier molecular flexibility index (Phi) is 7.70. The van der Waals surface area contributed by atoms with Crippen molar-refractivity contribution in [3.05, 3.63) is 125 Å². The number of amides is 1.